The van der Waals surface area contributed by atoms with Gasteiger partial charge in [0.05, 0.1) is 30.9 Å². The SMILES string of the molecule is N#Cc1ccc(N2C(=O)N(c3ccc(Cl)cc3)C3(COC3)[C@H]2c2cccc(OC(F)(F)F)c2)cc1. The largest absolute Gasteiger partial charge is 0.573 e. The highest BCUT2D eigenvalue weighted by molar-refractivity contribution is 6.30. The standard InChI is InChI=1S/C25H17ClF3N3O3/c26-18-6-10-20(11-7-18)32-23(33)31(19-8-4-16(13-30)5-9-19)22(24(32)14-34-15-24)17-2-1-3-21(12-17)35-25(27,28)29/h1-12,22H,14-15H2/t22-/m1/s1. The molecule has 0 aliphatic carbocycles. The number of alkyl halides is 3. The Balaban J connectivity index is 1.66. The first-order chi connectivity index (χ1) is 16.7. The van der Waals surface area contributed by atoms with Crippen LogP contribution >= 0.6 is 11.6 Å². The number of amides is 2. The van der Waals surface area contributed by atoms with E-state index in [1.807, 2.05) is 6.07 Å². The van der Waals surface area contributed by atoms with Gasteiger partial charge in [0.1, 0.15) is 11.3 Å². The van der Waals surface area contributed by atoms with Crippen molar-refractivity contribution in [1.29, 1.82) is 5.26 Å². The lowest BCUT2D eigenvalue weighted by Gasteiger charge is -2.47. The van der Waals surface area contributed by atoms with Crippen molar-refractivity contribution < 1.29 is 27.4 Å². The second-order valence-electron chi connectivity index (χ2n) is 8.24. The summed E-state index contributed by atoms with van der Waals surface area (Å²) in [5.74, 6) is -0.387. The van der Waals surface area contributed by atoms with E-state index in [0.717, 1.165) is 0 Å². The molecule has 2 heterocycles. The normalized spacial score (nSPS) is 18.9. The van der Waals surface area contributed by atoms with Gasteiger partial charge in [0.2, 0.25) is 0 Å². The molecule has 1 atom stereocenters. The van der Waals surface area contributed by atoms with Gasteiger partial charge in [-0.2, -0.15) is 5.26 Å². The van der Waals surface area contributed by atoms with E-state index in [1.165, 1.54) is 23.1 Å². The third-order valence-electron chi connectivity index (χ3n) is 6.08. The smallest absolute Gasteiger partial charge is 0.406 e. The molecular formula is C25H17ClF3N3O3. The Morgan fingerprint density at radius 1 is 1.03 bits per heavy atom. The number of urea groups is 1. The number of benzene rings is 3. The monoisotopic (exact) mass is 499 g/mol. The molecule has 0 bridgehead atoms. The second-order valence-corrected chi connectivity index (χ2v) is 8.68. The zero-order valence-corrected chi connectivity index (χ0v) is 18.8. The van der Waals surface area contributed by atoms with E-state index < -0.39 is 17.9 Å². The van der Waals surface area contributed by atoms with Gasteiger partial charge in [-0.1, -0.05) is 23.7 Å². The van der Waals surface area contributed by atoms with E-state index in [4.69, 9.17) is 16.3 Å². The highest BCUT2D eigenvalue weighted by atomic mass is 35.5. The molecule has 10 heteroatoms. The van der Waals surface area contributed by atoms with Crippen molar-refractivity contribution in [2.45, 2.75) is 17.9 Å². The van der Waals surface area contributed by atoms with Crippen LogP contribution in [0.25, 0.3) is 0 Å². The quantitative estimate of drug-likeness (QED) is 0.437. The summed E-state index contributed by atoms with van der Waals surface area (Å²) >= 11 is 6.05. The van der Waals surface area contributed by atoms with Crippen molar-refractivity contribution in [2.24, 2.45) is 0 Å². The molecule has 3 aromatic carbocycles. The van der Waals surface area contributed by atoms with Crippen LogP contribution in [-0.4, -0.2) is 31.1 Å². The van der Waals surface area contributed by atoms with Gasteiger partial charge in [0.25, 0.3) is 0 Å². The molecule has 178 valence electrons. The Morgan fingerprint density at radius 3 is 2.26 bits per heavy atom. The van der Waals surface area contributed by atoms with Crippen molar-refractivity contribution in [3.63, 3.8) is 0 Å². The molecule has 0 aromatic heterocycles. The van der Waals surface area contributed by atoms with Crippen LogP contribution < -0.4 is 14.5 Å². The molecule has 35 heavy (non-hydrogen) atoms. The summed E-state index contributed by atoms with van der Waals surface area (Å²) in [4.78, 5) is 17.1. The highest BCUT2D eigenvalue weighted by Crippen LogP contribution is 2.51. The number of hydrogen-bond donors (Lipinski definition) is 0. The summed E-state index contributed by atoms with van der Waals surface area (Å²) in [5, 5.41) is 9.67. The number of nitriles is 1. The first-order valence-corrected chi connectivity index (χ1v) is 10.9. The van der Waals surface area contributed by atoms with Crippen LogP contribution in [-0.2, 0) is 4.74 Å². The molecular weight excluding hydrogens is 483 g/mol. The third-order valence-corrected chi connectivity index (χ3v) is 6.33. The second kappa shape index (κ2) is 8.48. The van der Waals surface area contributed by atoms with Crippen LogP contribution in [0, 0.1) is 11.3 Å². The lowest BCUT2D eigenvalue weighted by atomic mass is 9.82. The number of halogens is 4. The van der Waals surface area contributed by atoms with Crippen LogP contribution in [0.2, 0.25) is 5.02 Å². The number of anilines is 2. The summed E-state index contributed by atoms with van der Waals surface area (Å²) in [7, 11) is 0. The Bertz CT molecular complexity index is 1300. The van der Waals surface area contributed by atoms with Gasteiger partial charge in [-0.25, -0.2) is 4.79 Å². The van der Waals surface area contributed by atoms with E-state index in [9.17, 15) is 23.2 Å². The summed E-state index contributed by atoms with van der Waals surface area (Å²) in [6.07, 6.45) is -4.86. The van der Waals surface area contributed by atoms with Crippen LogP contribution in [0.15, 0.2) is 72.8 Å². The molecule has 6 nitrogen and oxygen atoms in total. The summed E-state index contributed by atoms with van der Waals surface area (Å²) in [6.45, 7) is 0.340. The first-order valence-electron chi connectivity index (χ1n) is 10.5. The van der Waals surface area contributed by atoms with Gasteiger partial charge < -0.3 is 9.47 Å². The number of rotatable bonds is 4. The maximum atomic E-state index is 13.9. The minimum Gasteiger partial charge on any atom is -0.406 e. The third kappa shape index (κ3) is 4.05. The number of nitrogens with zero attached hydrogens (tertiary/aromatic N) is 3. The molecule has 2 fully saturated rings. The summed E-state index contributed by atoms with van der Waals surface area (Å²) < 4.78 is 48.5. The Labute approximate surface area is 203 Å². The van der Waals surface area contributed by atoms with Gasteiger partial charge >= 0.3 is 12.4 Å². The number of carbonyl (C=O) groups is 1. The fraction of sp³-hybridized carbons (Fsp3) is 0.200. The zero-order chi connectivity index (χ0) is 24.8. The minimum absolute atomic E-state index is 0.170. The molecule has 0 N–H and O–H groups in total. The van der Waals surface area contributed by atoms with Crippen LogP contribution in [0.4, 0.5) is 29.3 Å². The fourth-order valence-corrected chi connectivity index (χ4v) is 4.75. The van der Waals surface area contributed by atoms with Gasteiger partial charge in [0, 0.05) is 16.4 Å². The molecule has 2 aliphatic heterocycles. The topological polar surface area (TPSA) is 65.8 Å². The Morgan fingerprint density at radius 2 is 1.69 bits per heavy atom. The predicted octanol–water partition coefficient (Wildman–Crippen LogP) is 6.07. The molecule has 0 radical (unpaired) electrons. The van der Waals surface area contributed by atoms with Crippen LogP contribution in [0.5, 0.6) is 5.75 Å². The number of hydrogen-bond acceptors (Lipinski definition) is 4. The van der Waals surface area contributed by atoms with E-state index in [0.29, 0.717) is 27.5 Å². The first kappa shape index (κ1) is 23.0. The Hall–Kier alpha value is -3.74. The van der Waals surface area contributed by atoms with E-state index >= 15 is 0 Å². The average Bonchev–Trinajstić information content (AvgIpc) is 3.08. The average molecular weight is 500 g/mol. The highest BCUT2D eigenvalue weighted by Gasteiger charge is 2.63. The molecule has 2 saturated heterocycles. The minimum atomic E-state index is -4.86. The van der Waals surface area contributed by atoms with Gasteiger partial charge in [-0.3, -0.25) is 9.80 Å². The fourth-order valence-electron chi connectivity index (χ4n) is 4.62. The predicted molar refractivity (Wildman–Crippen MR) is 122 cm³/mol. The molecule has 0 saturated carbocycles. The summed E-state index contributed by atoms with van der Waals surface area (Å²) in [5.41, 5.74) is 1.03. The van der Waals surface area contributed by atoms with E-state index in [1.54, 1.807) is 59.5 Å². The van der Waals surface area contributed by atoms with Crippen molar-refractivity contribution >= 4 is 29.0 Å². The molecule has 1 spiro atoms. The number of carbonyl (C=O) groups excluding carboxylic acids is 1. The van der Waals surface area contributed by atoms with Crippen molar-refractivity contribution in [2.75, 3.05) is 23.0 Å². The maximum Gasteiger partial charge on any atom is 0.573 e. The van der Waals surface area contributed by atoms with Crippen molar-refractivity contribution in [3.8, 4) is 11.8 Å². The lowest BCUT2D eigenvalue weighted by Crippen LogP contribution is -2.62. The van der Waals surface area contributed by atoms with Gasteiger partial charge in [-0.05, 0) is 66.2 Å². The molecule has 0 unspecified atom stereocenters. The van der Waals surface area contributed by atoms with Gasteiger partial charge in [0.15, 0.2) is 0 Å². The molecule has 5 rings (SSSR count). The zero-order valence-electron chi connectivity index (χ0n) is 18.0. The van der Waals surface area contributed by atoms with Gasteiger partial charge in [-0.15, -0.1) is 13.2 Å². The Kier molecular flexibility index (Phi) is 5.58. The van der Waals surface area contributed by atoms with Crippen LogP contribution in [0.3, 0.4) is 0 Å². The molecule has 3 aromatic rings. The van der Waals surface area contributed by atoms with Crippen LogP contribution in [0.1, 0.15) is 17.2 Å². The number of ether oxygens (including phenoxy) is 2. The lowest BCUT2D eigenvalue weighted by molar-refractivity contribution is -0.274. The van der Waals surface area contributed by atoms with Crippen molar-refractivity contribution in [1.82, 2.24) is 0 Å². The molecule has 2 aliphatic rings. The molecule has 2 amide bonds. The maximum absolute atomic E-state index is 13.9. The van der Waals surface area contributed by atoms with Crippen molar-refractivity contribution in [3.05, 3.63) is 88.9 Å². The van der Waals surface area contributed by atoms with E-state index in [-0.39, 0.29) is 25.0 Å². The summed E-state index contributed by atoms with van der Waals surface area (Å²) in [6, 6.07) is 19.7. The van der Waals surface area contributed by atoms with E-state index in [2.05, 4.69) is 4.74 Å².